The van der Waals surface area contributed by atoms with Gasteiger partial charge in [0.1, 0.15) is 0 Å². The second-order valence-corrected chi connectivity index (χ2v) is 6.92. The fourth-order valence-electron chi connectivity index (χ4n) is 3.39. The third-order valence-electron chi connectivity index (χ3n) is 4.60. The lowest BCUT2D eigenvalue weighted by molar-refractivity contribution is 0.686. The lowest BCUT2D eigenvalue weighted by atomic mass is 9.92. The maximum absolute atomic E-state index is 3.63. The van der Waals surface area contributed by atoms with Crippen LogP contribution in [0.1, 0.15) is 45.8 Å². The Morgan fingerprint density at radius 3 is 2.52 bits per heavy atom. The molecule has 2 heteroatoms. The maximum atomic E-state index is 3.63. The topological polar surface area (TPSA) is 12.0 Å². The minimum atomic E-state index is 0.266. The number of fused-ring (bicyclic) bond motifs is 1. The number of halogens is 1. The van der Waals surface area contributed by atoms with Crippen LogP contribution in [0.4, 0.5) is 0 Å². The Morgan fingerprint density at radius 2 is 1.76 bits per heavy atom. The lowest BCUT2D eigenvalue weighted by Crippen LogP contribution is -2.19. The van der Waals surface area contributed by atoms with Gasteiger partial charge in [-0.1, -0.05) is 40.2 Å². The van der Waals surface area contributed by atoms with E-state index in [9.17, 15) is 0 Å². The predicted molar refractivity (Wildman–Crippen MR) is 93.0 cm³/mol. The summed E-state index contributed by atoms with van der Waals surface area (Å²) in [7, 11) is 2.05. The van der Waals surface area contributed by atoms with E-state index in [0.29, 0.717) is 0 Å². The maximum Gasteiger partial charge on any atom is 0.0577 e. The Kier molecular flexibility index (Phi) is 4.19. The van der Waals surface area contributed by atoms with Gasteiger partial charge in [-0.3, -0.25) is 0 Å². The molecule has 0 saturated heterocycles. The molecule has 0 heterocycles. The zero-order valence-corrected chi connectivity index (χ0v) is 14.5. The minimum absolute atomic E-state index is 0.266. The smallest absolute Gasteiger partial charge is 0.0577 e. The van der Waals surface area contributed by atoms with Crippen LogP contribution < -0.4 is 5.32 Å². The number of aryl methyl sites for hydroxylation is 4. The predicted octanol–water partition coefficient (Wildman–Crippen LogP) is 4.86. The number of nitrogens with one attached hydrogen (secondary N) is 1. The van der Waals surface area contributed by atoms with Crippen LogP contribution in [0.15, 0.2) is 34.8 Å². The molecule has 0 fully saturated rings. The van der Waals surface area contributed by atoms with Gasteiger partial charge in [0, 0.05) is 4.47 Å². The number of hydrogen-bond donors (Lipinski definition) is 1. The summed E-state index contributed by atoms with van der Waals surface area (Å²) >= 11 is 3.63. The SMILES string of the molecule is CNC(c1ccc2c(c1)CCC2)c1cc(C)c(Br)cc1C. The molecule has 0 bridgehead atoms. The summed E-state index contributed by atoms with van der Waals surface area (Å²) in [5.41, 5.74) is 8.44. The normalized spacial score (nSPS) is 15.0. The van der Waals surface area contributed by atoms with Gasteiger partial charge in [0.2, 0.25) is 0 Å². The first-order valence-corrected chi connectivity index (χ1v) is 8.45. The van der Waals surface area contributed by atoms with Gasteiger partial charge in [0.25, 0.3) is 0 Å². The molecule has 2 aromatic carbocycles. The quantitative estimate of drug-likeness (QED) is 0.838. The molecular formula is C19H22BrN. The van der Waals surface area contributed by atoms with Crippen molar-refractivity contribution < 1.29 is 0 Å². The fraction of sp³-hybridized carbons (Fsp3) is 0.368. The zero-order chi connectivity index (χ0) is 15.0. The van der Waals surface area contributed by atoms with Crippen LogP contribution in [0.25, 0.3) is 0 Å². The first kappa shape index (κ1) is 14.8. The highest BCUT2D eigenvalue weighted by molar-refractivity contribution is 9.10. The molecule has 1 N–H and O–H groups in total. The summed E-state index contributed by atoms with van der Waals surface area (Å²) in [4.78, 5) is 0. The molecule has 0 aliphatic heterocycles. The summed E-state index contributed by atoms with van der Waals surface area (Å²) in [6, 6.07) is 11.8. The highest BCUT2D eigenvalue weighted by Gasteiger charge is 2.18. The van der Waals surface area contributed by atoms with Gasteiger partial charge in [-0.25, -0.2) is 0 Å². The van der Waals surface area contributed by atoms with Crippen LogP contribution in [0.5, 0.6) is 0 Å². The van der Waals surface area contributed by atoms with Crippen molar-refractivity contribution in [3.63, 3.8) is 0 Å². The second kappa shape index (κ2) is 5.94. The molecular weight excluding hydrogens is 322 g/mol. The van der Waals surface area contributed by atoms with Crippen LogP contribution in [0.2, 0.25) is 0 Å². The van der Waals surface area contributed by atoms with Crippen molar-refractivity contribution in [1.82, 2.24) is 5.32 Å². The van der Waals surface area contributed by atoms with Crippen molar-refractivity contribution in [3.8, 4) is 0 Å². The molecule has 1 nitrogen and oxygen atoms in total. The van der Waals surface area contributed by atoms with Crippen LogP contribution in [-0.4, -0.2) is 7.05 Å². The van der Waals surface area contributed by atoms with Crippen LogP contribution in [-0.2, 0) is 12.8 Å². The van der Waals surface area contributed by atoms with Gasteiger partial charge in [-0.15, -0.1) is 0 Å². The van der Waals surface area contributed by atoms with Gasteiger partial charge in [-0.2, -0.15) is 0 Å². The molecule has 0 spiro atoms. The van der Waals surface area contributed by atoms with E-state index in [2.05, 4.69) is 72.5 Å². The summed E-state index contributed by atoms with van der Waals surface area (Å²) in [5, 5.41) is 3.50. The van der Waals surface area contributed by atoms with Crippen LogP contribution >= 0.6 is 15.9 Å². The Hall–Kier alpha value is -1.12. The van der Waals surface area contributed by atoms with E-state index in [1.54, 1.807) is 5.56 Å². The van der Waals surface area contributed by atoms with Gasteiger partial charge in [0.05, 0.1) is 6.04 Å². The third kappa shape index (κ3) is 2.79. The van der Waals surface area contributed by atoms with E-state index < -0.39 is 0 Å². The van der Waals surface area contributed by atoms with Gasteiger partial charge in [0.15, 0.2) is 0 Å². The Bertz CT molecular complexity index is 676. The molecule has 1 unspecified atom stereocenters. The Morgan fingerprint density at radius 1 is 1.00 bits per heavy atom. The fourth-order valence-corrected chi connectivity index (χ4v) is 3.85. The minimum Gasteiger partial charge on any atom is -0.309 e. The van der Waals surface area contributed by atoms with Crippen molar-refractivity contribution in [2.45, 2.75) is 39.2 Å². The van der Waals surface area contributed by atoms with E-state index >= 15 is 0 Å². The lowest BCUT2D eigenvalue weighted by Gasteiger charge is -2.21. The van der Waals surface area contributed by atoms with Crippen molar-refractivity contribution in [2.75, 3.05) is 7.05 Å². The summed E-state index contributed by atoms with van der Waals surface area (Å²) in [5.74, 6) is 0. The summed E-state index contributed by atoms with van der Waals surface area (Å²) in [6.07, 6.45) is 3.79. The molecule has 2 aromatic rings. The zero-order valence-electron chi connectivity index (χ0n) is 13.0. The average molecular weight is 344 g/mol. The molecule has 0 saturated carbocycles. The number of hydrogen-bond acceptors (Lipinski definition) is 1. The number of benzene rings is 2. The van der Waals surface area contributed by atoms with E-state index in [4.69, 9.17) is 0 Å². The molecule has 1 aliphatic carbocycles. The van der Waals surface area contributed by atoms with E-state index in [0.717, 1.165) is 0 Å². The first-order valence-electron chi connectivity index (χ1n) is 7.65. The highest BCUT2D eigenvalue weighted by Crippen LogP contribution is 2.32. The van der Waals surface area contributed by atoms with Crippen LogP contribution in [0.3, 0.4) is 0 Å². The molecule has 1 atom stereocenters. The van der Waals surface area contributed by atoms with Crippen molar-refractivity contribution in [3.05, 3.63) is 68.2 Å². The highest BCUT2D eigenvalue weighted by atomic mass is 79.9. The second-order valence-electron chi connectivity index (χ2n) is 6.06. The largest absolute Gasteiger partial charge is 0.309 e. The Labute approximate surface area is 135 Å². The molecule has 1 aliphatic rings. The molecule has 110 valence electrons. The van der Waals surface area contributed by atoms with Crippen molar-refractivity contribution in [2.24, 2.45) is 0 Å². The standard InChI is InChI=1S/C19H22BrN/c1-12-10-18(20)13(2)9-17(12)19(21-3)16-8-7-14-5-4-6-15(14)11-16/h7-11,19,21H,4-6H2,1-3H3. The molecule has 21 heavy (non-hydrogen) atoms. The first-order chi connectivity index (χ1) is 10.1. The number of rotatable bonds is 3. The Balaban J connectivity index is 2.04. The van der Waals surface area contributed by atoms with E-state index in [-0.39, 0.29) is 6.04 Å². The van der Waals surface area contributed by atoms with E-state index in [1.807, 2.05) is 0 Å². The van der Waals surface area contributed by atoms with Gasteiger partial charge >= 0.3 is 0 Å². The average Bonchev–Trinajstić information content (AvgIpc) is 2.92. The monoisotopic (exact) mass is 343 g/mol. The molecule has 0 amide bonds. The molecule has 0 aromatic heterocycles. The molecule has 0 radical (unpaired) electrons. The summed E-state index contributed by atoms with van der Waals surface area (Å²) in [6.45, 7) is 4.35. The van der Waals surface area contributed by atoms with Gasteiger partial charge < -0.3 is 5.32 Å². The summed E-state index contributed by atoms with van der Waals surface area (Å²) < 4.78 is 1.19. The van der Waals surface area contributed by atoms with Gasteiger partial charge in [-0.05, 0) is 79.6 Å². The third-order valence-corrected chi connectivity index (χ3v) is 5.46. The van der Waals surface area contributed by atoms with Crippen molar-refractivity contribution in [1.29, 1.82) is 0 Å². The van der Waals surface area contributed by atoms with Crippen molar-refractivity contribution >= 4 is 15.9 Å². The molecule has 3 rings (SSSR count). The van der Waals surface area contributed by atoms with E-state index in [1.165, 1.54) is 51.6 Å². The van der Waals surface area contributed by atoms with Crippen LogP contribution in [0, 0.1) is 13.8 Å².